The van der Waals surface area contributed by atoms with Gasteiger partial charge in [0.25, 0.3) is 0 Å². The number of hydrogen-bond acceptors (Lipinski definition) is 3. The van der Waals surface area contributed by atoms with Crippen molar-refractivity contribution >= 4 is 17.5 Å². The van der Waals surface area contributed by atoms with Crippen molar-refractivity contribution in [3.8, 4) is 5.75 Å². The molecule has 0 spiro atoms. The summed E-state index contributed by atoms with van der Waals surface area (Å²) in [5, 5.41) is 0. The molecule has 0 saturated carbocycles. The zero-order chi connectivity index (χ0) is 12.1. The number of alkyl halides is 2. The van der Waals surface area contributed by atoms with E-state index >= 15 is 0 Å². The normalized spacial score (nSPS) is 10.6. The van der Waals surface area contributed by atoms with Gasteiger partial charge in [0, 0.05) is 11.3 Å². The van der Waals surface area contributed by atoms with Crippen molar-refractivity contribution in [3.05, 3.63) is 23.8 Å². The lowest BCUT2D eigenvalue weighted by molar-refractivity contribution is -0.116. The molecule has 0 aliphatic heterocycles. The molecule has 2 nitrogen and oxygen atoms in total. The van der Waals surface area contributed by atoms with Crippen LogP contribution in [-0.2, 0) is 11.2 Å². The SMILES string of the molecule is CSc1cc(CC(C)=O)cc(OC(F)F)c1. The van der Waals surface area contributed by atoms with Crippen molar-refractivity contribution in [3.63, 3.8) is 0 Å². The summed E-state index contributed by atoms with van der Waals surface area (Å²) >= 11 is 1.42. The highest BCUT2D eigenvalue weighted by molar-refractivity contribution is 7.98. The number of carbonyl (C=O) groups excluding carboxylic acids is 1. The number of ketones is 1. The fourth-order valence-electron chi connectivity index (χ4n) is 1.31. The van der Waals surface area contributed by atoms with Crippen LogP contribution in [-0.4, -0.2) is 18.7 Å². The lowest BCUT2D eigenvalue weighted by Gasteiger charge is -2.08. The molecule has 0 heterocycles. The number of halogens is 2. The number of thioether (sulfide) groups is 1. The molecule has 0 saturated heterocycles. The van der Waals surface area contributed by atoms with E-state index in [4.69, 9.17) is 0 Å². The van der Waals surface area contributed by atoms with Gasteiger partial charge in [-0.3, -0.25) is 4.79 Å². The number of benzene rings is 1. The molecule has 0 N–H and O–H groups in total. The van der Waals surface area contributed by atoms with E-state index in [1.54, 1.807) is 6.07 Å². The van der Waals surface area contributed by atoms with E-state index in [1.165, 1.54) is 30.8 Å². The Hall–Kier alpha value is -1.10. The fraction of sp³-hybridized carbons (Fsp3) is 0.364. The first-order valence-electron chi connectivity index (χ1n) is 4.63. The first kappa shape index (κ1) is 13.0. The average molecular weight is 246 g/mol. The summed E-state index contributed by atoms with van der Waals surface area (Å²) in [4.78, 5) is 11.8. The number of rotatable bonds is 5. The summed E-state index contributed by atoms with van der Waals surface area (Å²) < 4.78 is 28.4. The Bertz CT molecular complexity index is 380. The van der Waals surface area contributed by atoms with E-state index < -0.39 is 6.61 Å². The predicted molar refractivity (Wildman–Crippen MR) is 59.2 cm³/mol. The van der Waals surface area contributed by atoms with Crippen LogP contribution in [0.3, 0.4) is 0 Å². The van der Waals surface area contributed by atoms with Gasteiger partial charge in [0.15, 0.2) is 0 Å². The third-order valence-electron chi connectivity index (χ3n) is 1.85. The second kappa shape index (κ2) is 5.84. The summed E-state index contributed by atoms with van der Waals surface area (Å²) in [5.74, 6) is 0.0827. The molecule has 0 unspecified atom stereocenters. The minimum atomic E-state index is -2.85. The van der Waals surface area contributed by atoms with E-state index in [-0.39, 0.29) is 18.0 Å². The van der Waals surface area contributed by atoms with Crippen LogP contribution in [0.25, 0.3) is 0 Å². The highest BCUT2D eigenvalue weighted by Crippen LogP contribution is 2.25. The molecule has 16 heavy (non-hydrogen) atoms. The van der Waals surface area contributed by atoms with Crippen molar-refractivity contribution in [2.75, 3.05) is 6.26 Å². The van der Waals surface area contributed by atoms with Gasteiger partial charge in [0.2, 0.25) is 0 Å². The Kier molecular flexibility index (Phi) is 4.73. The molecule has 1 rings (SSSR count). The molecule has 0 aliphatic carbocycles. The fourth-order valence-corrected chi connectivity index (χ4v) is 1.81. The maximum Gasteiger partial charge on any atom is 0.387 e. The van der Waals surface area contributed by atoms with E-state index in [2.05, 4.69) is 4.74 Å². The Labute approximate surface area is 97.0 Å². The molecule has 88 valence electrons. The van der Waals surface area contributed by atoms with Gasteiger partial charge in [-0.05, 0) is 36.9 Å². The van der Waals surface area contributed by atoms with Gasteiger partial charge in [-0.15, -0.1) is 11.8 Å². The van der Waals surface area contributed by atoms with Crippen LogP contribution in [0.2, 0.25) is 0 Å². The molecular weight excluding hydrogens is 234 g/mol. The Morgan fingerprint density at radius 1 is 1.44 bits per heavy atom. The van der Waals surface area contributed by atoms with E-state index in [1.807, 2.05) is 6.26 Å². The molecule has 1 aromatic carbocycles. The highest BCUT2D eigenvalue weighted by Gasteiger charge is 2.08. The van der Waals surface area contributed by atoms with Gasteiger partial charge in [0.1, 0.15) is 11.5 Å². The molecule has 0 aromatic heterocycles. The second-order valence-electron chi connectivity index (χ2n) is 3.27. The molecule has 1 aromatic rings. The molecule has 5 heteroatoms. The minimum absolute atomic E-state index is 0.0127. The Morgan fingerprint density at radius 2 is 2.12 bits per heavy atom. The second-order valence-corrected chi connectivity index (χ2v) is 4.15. The van der Waals surface area contributed by atoms with Gasteiger partial charge >= 0.3 is 6.61 Å². The van der Waals surface area contributed by atoms with Crippen LogP contribution in [0.5, 0.6) is 5.75 Å². The van der Waals surface area contributed by atoms with Crippen LogP contribution >= 0.6 is 11.8 Å². The number of hydrogen-bond donors (Lipinski definition) is 0. The Balaban J connectivity index is 2.95. The standard InChI is InChI=1S/C11H12F2O2S/c1-7(14)3-8-4-9(15-11(12)13)6-10(5-8)16-2/h4-6,11H,3H2,1-2H3. The van der Waals surface area contributed by atoms with Crippen molar-refractivity contribution in [2.45, 2.75) is 24.9 Å². The highest BCUT2D eigenvalue weighted by atomic mass is 32.2. The van der Waals surface area contributed by atoms with E-state index in [9.17, 15) is 13.6 Å². The zero-order valence-corrected chi connectivity index (χ0v) is 9.81. The van der Waals surface area contributed by atoms with Crippen molar-refractivity contribution in [1.82, 2.24) is 0 Å². The van der Waals surface area contributed by atoms with Crippen molar-refractivity contribution in [1.29, 1.82) is 0 Å². The predicted octanol–water partition coefficient (Wildman–Crippen LogP) is 3.14. The lowest BCUT2D eigenvalue weighted by atomic mass is 10.1. The van der Waals surface area contributed by atoms with Crippen LogP contribution in [0.1, 0.15) is 12.5 Å². The molecular formula is C11H12F2O2S. The summed E-state index contributed by atoms with van der Waals surface area (Å²) in [6.45, 7) is -1.39. The van der Waals surface area contributed by atoms with Crippen LogP contribution in [0.15, 0.2) is 23.1 Å². The molecule has 0 amide bonds. The minimum Gasteiger partial charge on any atom is -0.435 e. The Morgan fingerprint density at radius 3 is 2.62 bits per heavy atom. The maximum absolute atomic E-state index is 12.1. The van der Waals surface area contributed by atoms with Gasteiger partial charge in [-0.1, -0.05) is 0 Å². The topological polar surface area (TPSA) is 26.3 Å². The molecule has 0 aliphatic rings. The van der Waals surface area contributed by atoms with Gasteiger partial charge in [0.05, 0.1) is 0 Å². The molecule has 0 radical (unpaired) electrons. The van der Waals surface area contributed by atoms with Crippen LogP contribution < -0.4 is 4.74 Å². The monoisotopic (exact) mass is 246 g/mol. The van der Waals surface area contributed by atoms with Crippen molar-refractivity contribution < 1.29 is 18.3 Å². The summed E-state index contributed by atoms with van der Waals surface area (Å²) in [5.41, 5.74) is 0.690. The van der Waals surface area contributed by atoms with E-state index in [0.717, 1.165) is 4.90 Å². The van der Waals surface area contributed by atoms with E-state index in [0.29, 0.717) is 5.56 Å². The quantitative estimate of drug-likeness (QED) is 0.746. The molecule has 0 fully saturated rings. The molecule has 0 atom stereocenters. The summed E-state index contributed by atoms with van der Waals surface area (Å²) in [6, 6.07) is 4.79. The van der Waals surface area contributed by atoms with Crippen LogP contribution in [0, 0.1) is 0 Å². The lowest BCUT2D eigenvalue weighted by Crippen LogP contribution is -2.03. The largest absolute Gasteiger partial charge is 0.435 e. The van der Waals surface area contributed by atoms with Crippen LogP contribution in [0.4, 0.5) is 8.78 Å². The summed E-state index contributed by atoms with van der Waals surface area (Å²) in [7, 11) is 0. The molecule has 0 bridgehead atoms. The first-order chi connectivity index (χ1) is 7.51. The average Bonchev–Trinajstić information content (AvgIpc) is 2.14. The zero-order valence-electron chi connectivity index (χ0n) is 9.00. The third-order valence-corrected chi connectivity index (χ3v) is 2.56. The number of Topliss-reactive ketones (excluding diaryl/α,β-unsaturated/α-hetero) is 1. The third kappa shape index (κ3) is 4.18. The maximum atomic E-state index is 12.1. The first-order valence-corrected chi connectivity index (χ1v) is 5.86. The number of carbonyl (C=O) groups is 1. The number of ether oxygens (including phenoxy) is 1. The van der Waals surface area contributed by atoms with Gasteiger partial charge in [-0.25, -0.2) is 0 Å². The van der Waals surface area contributed by atoms with Gasteiger partial charge in [-0.2, -0.15) is 8.78 Å². The smallest absolute Gasteiger partial charge is 0.387 e. The van der Waals surface area contributed by atoms with Crippen molar-refractivity contribution in [2.24, 2.45) is 0 Å². The summed E-state index contributed by atoms with van der Waals surface area (Å²) in [6.07, 6.45) is 2.06. The van der Waals surface area contributed by atoms with Gasteiger partial charge < -0.3 is 4.74 Å².